The zero-order chi connectivity index (χ0) is 35.3. The summed E-state index contributed by atoms with van der Waals surface area (Å²) in [4.78, 5) is 64.8. The summed E-state index contributed by atoms with van der Waals surface area (Å²) in [5.74, 6) is -4.47. The molecule has 1 amide bonds. The molecule has 11 nitrogen and oxygen atoms in total. The topological polar surface area (TPSA) is 155 Å². The quantitative estimate of drug-likeness (QED) is 0.221. The first-order chi connectivity index (χ1) is 21.0. The summed E-state index contributed by atoms with van der Waals surface area (Å²) in [7, 11) is 0. The zero-order valence-electron chi connectivity index (χ0n) is 28.6. The van der Waals surface area contributed by atoms with Crippen LogP contribution in [0.3, 0.4) is 0 Å². The summed E-state index contributed by atoms with van der Waals surface area (Å²) in [6.45, 7) is 17.9. The van der Waals surface area contributed by atoms with Gasteiger partial charge in [0.25, 0.3) is 0 Å². The molecule has 2 aromatic rings. The summed E-state index contributed by atoms with van der Waals surface area (Å²) in [6, 6.07) is 12.5. The fourth-order valence-electron chi connectivity index (χ4n) is 4.10. The maximum atomic E-state index is 13.2. The second-order valence-electron chi connectivity index (χ2n) is 14.4. The van der Waals surface area contributed by atoms with Crippen molar-refractivity contribution in [1.82, 2.24) is 5.32 Å². The van der Waals surface area contributed by atoms with Crippen molar-refractivity contribution in [1.29, 1.82) is 0 Å². The van der Waals surface area contributed by atoms with E-state index in [9.17, 15) is 29.1 Å². The third-order valence-electron chi connectivity index (χ3n) is 7.01. The lowest BCUT2D eigenvalue weighted by Crippen LogP contribution is -2.63. The highest BCUT2D eigenvalue weighted by Gasteiger charge is 2.49. The van der Waals surface area contributed by atoms with Crippen LogP contribution >= 0.6 is 0 Å². The largest absolute Gasteiger partial charge is 0.479 e. The fourth-order valence-corrected chi connectivity index (χ4v) is 4.10. The highest BCUT2D eigenvalue weighted by Crippen LogP contribution is 2.36. The van der Waals surface area contributed by atoms with Gasteiger partial charge in [0.1, 0.15) is 11.7 Å². The van der Waals surface area contributed by atoms with Crippen LogP contribution in [0.5, 0.6) is 11.5 Å². The molecule has 0 aliphatic rings. The molecule has 0 radical (unpaired) electrons. The minimum Gasteiger partial charge on any atom is -0.479 e. The lowest BCUT2D eigenvalue weighted by molar-refractivity contribution is -0.149. The Morgan fingerprint density at radius 3 is 1.76 bits per heavy atom. The predicted octanol–water partition coefficient (Wildman–Crippen LogP) is 6.36. The number of benzene rings is 2. The van der Waals surface area contributed by atoms with Crippen molar-refractivity contribution in [3.8, 4) is 11.5 Å². The summed E-state index contributed by atoms with van der Waals surface area (Å²) < 4.78 is 22.3. The van der Waals surface area contributed by atoms with Crippen molar-refractivity contribution in [2.24, 2.45) is 16.7 Å². The molecule has 11 heteroatoms. The second-order valence-corrected chi connectivity index (χ2v) is 14.4. The number of rotatable bonds is 10. The number of carbonyl (C=O) groups excluding carboxylic acids is 4. The Balaban J connectivity index is 2.63. The number of carboxylic acids is 1. The van der Waals surface area contributed by atoms with Crippen LogP contribution in [0.4, 0.5) is 4.79 Å². The van der Waals surface area contributed by atoms with E-state index >= 15 is 0 Å². The molecule has 0 heterocycles. The summed E-state index contributed by atoms with van der Waals surface area (Å²) in [5, 5.41) is 13.3. The van der Waals surface area contributed by atoms with Crippen molar-refractivity contribution < 1.29 is 48.0 Å². The summed E-state index contributed by atoms with van der Waals surface area (Å²) in [6.07, 6.45) is -2.37. The van der Waals surface area contributed by atoms with Crippen LogP contribution in [-0.4, -0.2) is 52.3 Å². The van der Waals surface area contributed by atoms with Crippen LogP contribution in [0.25, 0.3) is 0 Å². The minimum atomic E-state index is -2.09. The van der Waals surface area contributed by atoms with Gasteiger partial charge in [-0.3, -0.25) is 9.59 Å². The number of carbonyl (C=O) groups is 5. The molecule has 0 bridgehead atoms. The molecule has 0 saturated heterocycles. The third-order valence-corrected chi connectivity index (χ3v) is 7.01. The number of hydrogen-bond acceptors (Lipinski definition) is 9. The first-order valence-corrected chi connectivity index (χ1v) is 15.0. The number of esters is 3. The Labute approximate surface area is 270 Å². The number of carboxylic acid groups (broad SMARTS) is 1. The van der Waals surface area contributed by atoms with Gasteiger partial charge in [0, 0.05) is 12.3 Å². The molecule has 3 atom stereocenters. The average Bonchev–Trinajstić information content (AvgIpc) is 2.91. The van der Waals surface area contributed by atoms with Gasteiger partial charge >= 0.3 is 30.0 Å². The normalized spacial score (nSPS) is 14.6. The molecule has 252 valence electrons. The second kappa shape index (κ2) is 14.3. The standard InChI is InChI=1S/C35H47NO10/c1-21(22(2)43-27(37)24-15-13-12-14-16-24)35(28(38)39,36-31(42)46-34(9,10)11)20-23-17-18-25(44-29(40)32(3,4)5)26(19-23)45-30(41)33(6,7)8/h12-19,21-22H,20H2,1-11H3,(H,36,42)(H,38,39)/t21-,22+,35-/m0/s1. The van der Waals surface area contributed by atoms with E-state index in [1.54, 1.807) is 92.6 Å². The molecular formula is C35H47NO10. The number of amides is 1. The van der Waals surface area contributed by atoms with Crippen molar-refractivity contribution >= 4 is 30.0 Å². The van der Waals surface area contributed by atoms with Gasteiger partial charge in [0.05, 0.1) is 16.4 Å². The van der Waals surface area contributed by atoms with Gasteiger partial charge in [-0.1, -0.05) is 31.2 Å². The molecule has 0 aliphatic carbocycles. The summed E-state index contributed by atoms with van der Waals surface area (Å²) in [5.41, 5.74) is -4.25. The number of ether oxygens (including phenoxy) is 4. The number of alkyl carbamates (subject to hydrolysis) is 1. The van der Waals surface area contributed by atoms with Crippen LogP contribution in [0.1, 0.15) is 92.1 Å². The van der Waals surface area contributed by atoms with E-state index in [2.05, 4.69) is 5.32 Å². The van der Waals surface area contributed by atoms with Crippen LogP contribution in [0, 0.1) is 16.7 Å². The van der Waals surface area contributed by atoms with Gasteiger partial charge in [-0.15, -0.1) is 0 Å². The number of aliphatic carboxylic acids is 1. The lowest BCUT2D eigenvalue weighted by atomic mass is 9.77. The molecule has 0 aliphatic heterocycles. The van der Waals surface area contributed by atoms with Crippen molar-refractivity contribution in [3.63, 3.8) is 0 Å². The van der Waals surface area contributed by atoms with Gasteiger partial charge in [0.15, 0.2) is 17.0 Å². The molecule has 46 heavy (non-hydrogen) atoms. The lowest BCUT2D eigenvalue weighted by Gasteiger charge is -2.39. The predicted molar refractivity (Wildman–Crippen MR) is 171 cm³/mol. The van der Waals surface area contributed by atoms with E-state index in [1.807, 2.05) is 0 Å². The molecule has 0 fully saturated rings. The van der Waals surface area contributed by atoms with Crippen LogP contribution < -0.4 is 14.8 Å². The Kier molecular flexibility index (Phi) is 11.8. The smallest absolute Gasteiger partial charge is 0.408 e. The Morgan fingerprint density at radius 1 is 0.761 bits per heavy atom. The Bertz CT molecular complexity index is 1430. The monoisotopic (exact) mass is 641 g/mol. The maximum absolute atomic E-state index is 13.2. The van der Waals surface area contributed by atoms with Crippen molar-refractivity contribution in [2.75, 3.05) is 0 Å². The summed E-state index contributed by atoms with van der Waals surface area (Å²) >= 11 is 0. The van der Waals surface area contributed by atoms with Gasteiger partial charge in [-0.25, -0.2) is 14.4 Å². The third kappa shape index (κ3) is 10.3. The van der Waals surface area contributed by atoms with Gasteiger partial charge in [-0.05, 0) is 99.1 Å². The van der Waals surface area contributed by atoms with E-state index in [-0.39, 0.29) is 23.5 Å². The number of nitrogens with one attached hydrogen (secondary N) is 1. The zero-order valence-corrected chi connectivity index (χ0v) is 28.6. The molecule has 2 N–H and O–H groups in total. The van der Waals surface area contributed by atoms with Crippen molar-refractivity contribution in [3.05, 3.63) is 59.7 Å². The average molecular weight is 642 g/mol. The van der Waals surface area contributed by atoms with Gasteiger partial charge < -0.3 is 29.4 Å². The minimum absolute atomic E-state index is 0.0412. The molecule has 0 unspecified atom stereocenters. The van der Waals surface area contributed by atoms with E-state index in [0.717, 1.165) is 0 Å². The molecule has 0 spiro atoms. The van der Waals surface area contributed by atoms with E-state index in [0.29, 0.717) is 5.56 Å². The van der Waals surface area contributed by atoms with Crippen molar-refractivity contribution in [2.45, 2.75) is 99.8 Å². The van der Waals surface area contributed by atoms with Crippen LogP contribution in [0.2, 0.25) is 0 Å². The van der Waals surface area contributed by atoms with E-state index in [4.69, 9.17) is 18.9 Å². The SMILES string of the molecule is C[C@@H](OC(=O)c1ccccc1)[C@H](C)[C@](Cc1ccc(OC(=O)C(C)(C)C)c(OC(=O)C(C)(C)C)c1)(NC(=O)OC(C)(C)C)C(=O)O. The van der Waals surface area contributed by atoms with Crippen LogP contribution in [-0.2, 0) is 30.3 Å². The van der Waals surface area contributed by atoms with Gasteiger partial charge in [0.2, 0.25) is 0 Å². The van der Waals surface area contributed by atoms with E-state index < -0.39 is 64.0 Å². The molecule has 0 saturated carbocycles. The molecule has 0 aromatic heterocycles. The maximum Gasteiger partial charge on any atom is 0.408 e. The molecule has 2 rings (SSSR count). The van der Waals surface area contributed by atoms with Gasteiger partial charge in [-0.2, -0.15) is 0 Å². The highest BCUT2D eigenvalue weighted by atomic mass is 16.6. The number of hydrogen-bond donors (Lipinski definition) is 2. The first-order valence-electron chi connectivity index (χ1n) is 15.0. The highest BCUT2D eigenvalue weighted by molar-refractivity contribution is 5.90. The Hall–Kier alpha value is -4.41. The molecule has 2 aromatic carbocycles. The fraction of sp³-hybridized carbons (Fsp3) is 0.514. The Morgan fingerprint density at radius 2 is 1.28 bits per heavy atom. The van der Waals surface area contributed by atoms with E-state index in [1.165, 1.54) is 32.0 Å². The first kappa shape index (κ1) is 37.8. The molecular weight excluding hydrogens is 594 g/mol. The van der Waals surface area contributed by atoms with Crippen LogP contribution in [0.15, 0.2) is 48.5 Å².